The van der Waals surface area contributed by atoms with Gasteiger partial charge >= 0.3 is 5.97 Å². The number of carbonyl (C=O) groups excluding carboxylic acids is 1. The third kappa shape index (κ3) is 2.84. The van der Waals surface area contributed by atoms with Crippen molar-refractivity contribution in [2.75, 3.05) is 13.2 Å². The van der Waals surface area contributed by atoms with E-state index in [-0.39, 0.29) is 5.97 Å². The zero-order valence-corrected chi connectivity index (χ0v) is 13.3. The minimum atomic E-state index is -0.304. The molecule has 110 valence electrons. The van der Waals surface area contributed by atoms with Gasteiger partial charge in [0, 0.05) is 32.6 Å². The largest absolute Gasteiger partial charge is 0.463 e. The van der Waals surface area contributed by atoms with Crippen LogP contribution in [-0.2, 0) is 22.5 Å². The fourth-order valence-corrected chi connectivity index (χ4v) is 4.04. The number of carbonyl (C=O) groups is 1. The van der Waals surface area contributed by atoms with Crippen molar-refractivity contribution >= 4 is 45.1 Å². The Balaban J connectivity index is 2.08. The van der Waals surface area contributed by atoms with Crippen LogP contribution >= 0.6 is 22.9 Å². The van der Waals surface area contributed by atoms with Crippen molar-refractivity contribution in [1.29, 1.82) is 0 Å². The van der Waals surface area contributed by atoms with Crippen molar-refractivity contribution in [1.82, 2.24) is 5.32 Å². The van der Waals surface area contributed by atoms with Crippen LogP contribution in [0.3, 0.4) is 0 Å². The molecule has 0 bridgehead atoms. The van der Waals surface area contributed by atoms with Gasteiger partial charge in [0.25, 0.3) is 0 Å². The lowest BCUT2D eigenvalue weighted by Crippen LogP contribution is -2.14. The summed E-state index contributed by atoms with van der Waals surface area (Å²) in [6.45, 7) is 3.91. The predicted molar refractivity (Wildman–Crippen MR) is 87.9 cm³/mol. The average molecular weight is 322 g/mol. The number of thiophene rings is 1. The smallest absolute Gasteiger partial charge is 0.330 e. The van der Waals surface area contributed by atoms with Gasteiger partial charge in [0.2, 0.25) is 0 Å². The highest BCUT2D eigenvalue weighted by molar-refractivity contribution is 7.20. The summed E-state index contributed by atoms with van der Waals surface area (Å²) < 4.78 is 6.15. The molecule has 21 heavy (non-hydrogen) atoms. The van der Waals surface area contributed by atoms with Crippen LogP contribution in [0.5, 0.6) is 0 Å². The third-order valence-electron chi connectivity index (χ3n) is 3.55. The highest BCUT2D eigenvalue weighted by atomic mass is 35.5. The second kappa shape index (κ2) is 6.18. The van der Waals surface area contributed by atoms with Gasteiger partial charge < -0.3 is 10.1 Å². The van der Waals surface area contributed by atoms with Gasteiger partial charge in [0.15, 0.2) is 0 Å². The van der Waals surface area contributed by atoms with Crippen LogP contribution in [0.25, 0.3) is 16.2 Å². The van der Waals surface area contributed by atoms with Crippen molar-refractivity contribution in [3.05, 3.63) is 39.2 Å². The number of rotatable bonds is 3. The fourth-order valence-electron chi connectivity index (χ4n) is 2.64. The molecule has 1 aromatic carbocycles. The lowest BCUT2D eigenvalue weighted by Gasteiger charge is -2.03. The molecule has 3 nitrogen and oxygen atoms in total. The summed E-state index contributed by atoms with van der Waals surface area (Å²) in [4.78, 5) is 12.6. The van der Waals surface area contributed by atoms with Gasteiger partial charge in [-0.15, -0.1) is 11.3 Å². The van der Waals surface area contributed by atoms with Crippen LogP contribution < -0.4 is 5.32 Å². The van der Waals surface area contributed by atoms with Crippen LogP contribution in [0.2, 0.25) is 5.02 Å². The molecule has 1 aliphatic rings. The maximum absolute atomic E-state index is 11.5. The summed E-state index contributed by atoms with van der Waals surface area (Å²) in [5, 5.41) is 5.49. The Morgan fingerprint density at radius 3 is 3.14 bits per heavy atom. The molecular weight excluding hydrogens is 306 g/mol. The molecule has 1 N–H and O–H groups in total. The van der Waals surface area contributed by atoms with Gasteiger partial charge in [0.05, 0.1) is 6.61 Å². The zero-order valence-electron chi connectivity index (χ0n) is 11.7. The predicted octanol–water partition coefficient (Wildman–Crippen LogP) is 3.78. The molecule has 0 fully saturated rings. The first-order valence-corrected chi connectivity index (χ1v) is 8.18. The van der Waals surface area contributed by atoms with Crippen molar-refractivity contribution in [3.63, 3.8) is 0 Å². The molecule has 0 aliphatic carbocycles. The van der Waals surface area contributed by atoms with Gasteiger partial charge in [-0.25, -0.2) is 4.79 Å². The number of halogens is 1. The molecule has 0 atom stereocenters. The summed E-state index contributed by atoms with van der Waals surface area (Å²) >= 11 is 8.03. The molecule has 3 rings (SSSR count). The minimum absolute atomic E-state index is 0.304. The topological polar surface area (TPSA) is 38.3 Å². The van der Waals surface area contributed by atoms with Crippen molar-refractivity contribution < 1.29 is 9.53 Å². The Morgan fingerprint density at radius 2 is 2.33 bits per heavy atom. The van der Waals surface area contributed by atoms with E-state index in [4.69, 9.17) is 16.3 Å². The molecule has 0 unspecified atom stereocenters. The number of nitrogens with one attached hydrogen (secondary N) is 1. The van der Waals surface area contributed by atoms with E-state index in [0.29, 0.717) is 6.61 Å². The van der Waals surface area contributed by atoms with E-state index >= 15 is 0 Å². The molecule has 0 saturated heterocycles. The second-order valence-corrected chi connectivity index (χ2v) is 6.35. The number of hydrogen-bond donors (Lipinski definition) is 1. The summed E-state index contributed by atoms with van der Waals surface area (Å²) in [5.41, 5.74) is 2.44. The number of ether oxygens (including phenoxy) is 1. The van der Waals surface area contributed by atoms with Crippen molar-refractivity contribution in [2.24, 2.45) is 0 Å². The SMILES string of the molecule is CCOC(=O)/C=C/c1sc2ccc(Cl)c3c2c1CNCC3. The van der Waals surface area contributed by atoms with Crippen molar-refractivity contribution in [3.8, 4) is 0 Å². The van der Waals surface area contributed by atoms with E-state index in [1.54, 1.807) is 18.3 Å². The van der Waals surface area contributed by atoms with Gasteiger partial charge in [-0.1, -0.05) is 11.6 Å². The lowest BCUT2D eigenvalue weighted by molar-refractivity contribution is -0.137. The first-order valence-electron chi connectivity index (χ1n) is 6.99. The maximum Gasteiger partial charge on any atom is 0.330 e. The molecule has 5 heteroatoms. The molecule has 2 aromatic rings. The Kier molecular flexibility index (Phi) is 4.29. The standard InChI is InChI=1S/C16H16ClNO2S/c1-2-20-15(19)6-5-13-11-9-18-8-7-10-12(17)3-4-14(21-13)16(10)11/h3-6,18H,2,7-9H2,1H3/b6-5+. The Labute approximate surface area is 132 Å². The van der Waals surface area contributed by atoms with Crippen LogP contribution in [0.15, 0.2) is 18.2 Å². The maximum atomic E-state index is 11.5. The van der Waals surface area contributed by atoms with Crippen LogP contribution in [0.1, 0.15) is 22.9 Å². The Morgan fingerprint density at radius 1 is 1.48 bits per heavy atom. The van der Waals surface area contributed by atoms with E-state index in [1.807, 2.05) is 12.1 Å². The van der Waals surface area contributed by atoms with Crippen LogP contribution in [0, 0.1) is 0 Å². The zero-order chi connectivity index (χ0) is 14.8. The van der Waals surface area contributed by atoms with Crippen LogP contribution in [-0.4, -0.2) is 19.1 Å². The summed E-state index contributed by atoms with van der Waals surface area (Å²) in [6, 6.07) is 4.02. The second-order valence-electron chi connectivity index (χ2n) is 4.86. The Bertz CT molecular complexity index is 721. The molecule has 0 radical (unpaired) electrons. The molecule has 0 amide bonds. The normalized spacial score (nSPS) is 14.6. The number of benzene rings is 1. The molecule has 1 aromatic heterocycles. The first kappa shape index (κ1) is 14.6. The average Bonchev–Trinajstić information content (AvgIpc) is 2.66. The molecule has 0 spiro atoms. The van der Waals surface area contributed by atoms with E-state index in [1.165, 1.54) is 27.3 Å². The minimum Gasteiger partial charge on any atom is -0.463 e. The van der Waals surface area contributed by atoms with E-state index in [0.717, 1.165) is 29.4 Å². The fraction of sp³-hybridized carbons (Fsp3) is 0.312. The first-order chi connectivity index (χ1) is 10.2. The Hall–Kier alpha value is -1.36. The highest BCUT2D eigenvalue weighted by Gasteiger charge is 2.18. The summed E-state index contributed by atoms with van der Waals surface area (Å²) in [7, 11) is 0. The summed E-state index contributed by atoms with van der Waals surface area (Å²) in [5.74, 6) is -0.304. The van der Waals surface area contributed by atoms with E-state index < -0.39 is 0 Å². The van der Waals surface area contributed by atoms with Gasteiger partial charge in [-0.2, -0.15) is 0 Å². The van der Waals surface area contributed by atoms with E-state index in [9.17, 15) is 4.79 Å². The lowest BCUT2D eigenvalue weighted by atomic mass is 10.0. The van der Waals surface area contributed by atoms with Gasteiger partial charge in [-0.3, -0.25) is 0 Å². The van der Waals surface area contributed by atoms with E-state index in [2.05, 4.69) is 11.4 Å². The highest BCUT2D eigenvalue weighted by Crippen LogP contribution is 2.38. The molecule has 0 saturated carbocycles. The van der Waals surface area contributed by atoms with Gasteiger partial charge in [-0.05, 0) is 49.2 Å². The summed E-state index contributed by atoms with van der Waals surface area (Å²) in [6.07, 6.45) is 4.28. The molecule has 2 heterocycles. The quantitative estimate of drug-likeness (QED) is 0.690. The van der Waals surface area contributed by atoms with Crippen LogP contribution in [0.4, 0.5) is 0 Å². The number of esters is 1. The monoisotopic (exact) mass is 321 g/mol. The van der Waals surface area contributed by atoms with Crippen molar-refractivity contribution in [2.45, 2.75) is 19.9 Å². The third-order valence-corrected chi connectivity index (χ3v) is 5.06. The molecular formula is C16H16ClNO2S. The molecule has 1 aliphatic heterocycles. The van der Waals surface area contributed by atoms with Gasteiger partial charge in [0.1, 0.15) is 0 Å². The number of hydrogen-bond acceptors (Lipinski definition) is 4.